The third-order valence-corrected chi connectivity index (χ3v) is 5.26. The molecule has 0 heterocycles. The van der Waals surface area contributed by atoms with E-state index in [0.29, 0.717) is 25.4 Å². The second-order valence-electron chi connectivity index (χ2n) is 8.42. The second-order valence-corrected chi connectivity index (χ2v) is 8.42. The number of unbranched alkanes of at least 4 members (excludes halogenated alkanes) is 1. The molecule has 1 aliphatic rings. The van der Waals surface area contributed by atoms with E-state index < -0.39 is 22.9 Å². The van der Waals surface area contributed by atoms with E-state index in [1.54, 1.807) is 13.0 Å². The smallest absolute Gasteiger partial charge is 0.416 e. The molecule has 216 valence electrons. The first-order chi connectivity index (χ1) is 18.1. The van der Waals surface area contributed by atoms with Crippen LogP contribution in [0.5, 0.6) is 5.75 Å². The highest BCUT2D eigenvalue weighted by atomic mass is 19.4. The lowest BCUT2D eigenvalue weighted by Gasteiger charge is -2.11. The van der Waals surface area contributed by atoms with Crippen molar-refractivity contribution in [2.24, 2.45) is 5.92 Å². The zero-order chi connectivity index (χ0) is 28.8. The van der Waals surface area contributed by atoms with Crippen molar-refractivity contribution in [3.63, 3.8) is 0 Å². The summed E-state index contributed by atoms with van der Waals surface area (Å²) in [6.07, 6.45) is 10.9. The van der Waals surface area contributed by atoms with E-state index in [9.17, 15) is 28.1 Å². The Hall–Kier alpha value is -3.08. The minimum Gasteiger partial charge on any atom is -0.493 e. The van der Waals surface area contributed by atoms with Gasteiger partial charge in [0.15, 0.2) is 0 Å². The number of aliphatic hydroxyl groups is 1. The lowest BCUT2D eigenvalue weighted by atomic mass is 10.1. The van der Waals surface area contributed by atoms with Gasteiger partial charge in [0.1, 0.15) is 18.5 Å². The number of ether oxygens (including phenoxy) is 2. The lowest BCUT2D eigenvalue weighted by molar-refractivity contribution is -0.759. The first-order valence-corrected chi connectivity index (χ1v) is 12.6. The molecular formula is C27H40F3NO7. The zero-order valence-electron chi connectivity index (χ0n) is 22.3. The van der Waals surface area contributed by atoms with Crippen molar-refractivity contribution in [2.75, 3.05) is 20.3 Å². The molecule has 1 fully saturated rings. The largest absolute Gasteiger partial charge is 0.493 e. The number of hydrogen-bond acceptors (Lipinski definition) is 7. The summed E-state index contributed by atoms with van der Waals surface area (Å²) in [5, 5.41) is 16.0. The number of esters is 1. The Balaban J connectivity index is 0.000000694. The molecule has 2 rings (SSSR count). The average molecular weight is 548 g/mol. The van der Waals surface area contributed by atoms with Gasteiger partial charge < -0.3 is 19.4 Å². The summed E-state index contributed by atoms with van der Waals surface area (Å²) in [5.41, 5.74) is -0.670. The highest BCUT2D eigenvalue weighted by Crippen LogP contribution is 2.31. The molecule has 1 aromatic rings. The van der Waals surface area contributed by atoms with Gasteiger partial charge in [0, 0.05) is 13.5 Å². The standard InChI is InChI=1S/C16H19F3O.C10H17NO5.CH4O/c17-16(18,19)14-9-5-10-15(12-14)20-11-4-3-8-13-6-1-2-7-13;1-3-4-5-6-7-10(12)16-9(2)8-15-11(13)14;1-2/h3,5,8-10,12-13H,1-2,4,6-7,11H2;3-4,9H,5-8H2,1-2H3;2H,1H3/b8-3+;4-3-;. The van der Waals surface area contributed by atoms with E-state index in [1.165, 1.54) is 31.7 Å². The van der Waals surface area contributed by atoms with Crippen LogP contribution in [-0.2, 0) is 20.5 Å². The summed E-state index contributed by atoms with van der Waals surface area (Å²) in [6, 6.07) is 5.01. The van der Waals surface area contributed by atoms with Crippen molar-refractivity contribution in [3.8, 4) is 5.75 Å². The summed E-state index contributed by atoms with van der Waals surface area (Å²) in [4.78, 5) is 25.1. The summed E-state index contributed by atoms with van der Waals surface area (Å²) in [6.45, 7) is 3.64. The SMILES string of the molecule is C/C=C\CCCC(=O)OC(C)CO[N+](=O)[O-].CO.FC(F)(F)c1cccc(OCC/C=C/C2CCCC2)c1. The monoisotopic (exact) mass is 547 g/mol. The van der Waals surface area contributed by atoms with Crippen LogP contribution >= 0.6 is 0 Å². The zero-order valence-corrected chi connectivity index (χ0v) is 22.3. The summed E-state index contributed by atoms with van der Waals surface area (Å²) >= 11 is 0. The average Bonchev–Trinajstić information content (AvgIpc) is 3.40. The number of rotatable bonds is 13. The number of aliphatic hydroxyl groups excluding tert-OH is 1. The van der Waals surface area contributed by atoms with Crippen molar-refractivity contribution in [1.29, 1.82) is 0 Å². The number of hydrogen-bond donors (Lipinski definition) is 1. The molecule has 0 spiro atoms. The number of carbonyl (C=O) groups excluding carboxylic acids is 1. The molecular weight excluding hydrogens is 507 g/mol. The Labute approximate surface area is 222 Å². The predicted molar refractivity (Wildman–Crippen MR) is 138 cm³/mol. The van der Waals surface area contributed by atoms with E-state index in [1.807, 2.05) is 19.1 Å². The van der Waals surface area contributed by atoms with Gasteiger partial charge in [-0.1, -0.05) is 43.2 Å². The van der Waals surface area contributed by atoms with E-state index >= 15 is 0 Å². The minimum absolute atomic E-state index is 0.229. The van der Waals surface area contributed by atoms with Crippen LogP contribution in [-0.4, -0.2) is 42.6 Å². The Bertz CT molecular complexity index is 838. The summed E-state index contributed by atoms with van der Waals surface area (Å²) in [5.74, 6) is 0.599. The number of halogens is 3. The van der Waals surface area contributed by atoms with Gasteiger partial charge >= 0.3 is 12.1 Å². The molecule has 1 unspecified atom stereocenters. The van der Waals surface area contributed by atoms with Crippen LogP contribution in [0, 0.1) is 16.0 Å². The topological polar surface area (TPSA) is 108 Å². The number of allylic oxidation sites excluding steroid dienone is 3. The van der Waals surface area contributed by atoms with E-state index in [0.717, 1.165) is 32.1 Å². The number of nitrogens with zero attached hydrogens (tertiary/aromatic N) is 1. The van der Waals surface area contributed by atoms with Gasteiger partial charge in [0.25, 0.3) is 5.09 Å². The molecule has 1 atom stereocenters. The van der Waals surface area contributed by atoms with E-state index in [-0.39, 0.29) is 18.3 Å². The highest BCUT2D eigenvalue weighted by molar-refractivity contribution is 5.69. The van der Waals surface area contributed by atoms with Crippen LogP contribution < -0.4 is 4.74 Å². The molecule has 38 heavy (non-hydrogen) atoms. The number of benzene rings is 1. The first kappa shape index (κ1) is 34.9. The van der Waals surface area contributed by atoms with Gasteiger partial charge in [-0.25, -0.2) is 0 Å². The fourth-order valence-corrected chi connectivity index (χ4v) is 3.46. The van der Waals surface area contributed by atoms with Crippen LogP contribution in [0.4, 0.5) is 13.2 Å². The van der Waals surface area contributed by atoms with Gasteiger partial charge in [0.2, 0.25) is 0 Å². The van der Waals surface area contributed by atoms with Crippen molar-refractivity contribution < 1.29 is 42.5 Å². The van der Waals surface area contributed by atoms with Gasteiger partial charge in [-0.3, -0.25) is 4.79 Å². The van der Waals surface area contributed by atoms with E-state index in [4.69, 9.17) is 14.6 Å². The molecule has 11 heteroatoms. The van der Waals surface area contributed by atoms with Crippen molar-refractivity contribution in [3.05, 3.63) is 64.2 Å². The maximum atomic E-state index is 12.5. The van der Waals surface area contributed by atoms with Crippen LogP contribution in [0.25, 0.3) is 0 Å². The van der Waals surface area contributed by atoms with Crippen molar-refractivity contribution in [1.82, 2.24) is 0 Å². The molecule has 0 radical (unpaired) electrons. The van der Waals surface area contributed by atoms with Crippen LogP contribution in [0.1, 0.15) is 70.8 Å². The molecule has 0 bridgehead atoms. The van der Waals surface area contributed by atoms with Crippen LogP contribution in [0.2, 0.25) is 0 Å². The van der Waals surface area contributed by atoms with Gasteiger partial charge in [-0.2, -0.15) is 13.2 Å². The molecule has 0 aliphatic heterocycles. The quantitative estimate of drug-likeness (QED) is 0.0962. The summed E-state index contributed by atoms with van der Waals surface area (Å²) < 4.78 is 47.8. The van der Waals surface area contributed by atoms with Gasteiger partial charge in [0.05, 0.1) is 12.2 Å². The van der Waals surface area contributed by atoms with Crippen LogP contribution in [0.3, 0.4) is 0 Å². The third-order valence-electron chi connectivity index (χ3n) is 5.26. The highest BCUT2D eigenvalue weighted by Gasteiger charge is 2.30. The Morgan fingerprint density at radius 2 is 1.89 bits per heavy atom. The summed E-state index contributed by atoms with van der Waals surface area (Å²) in [7, 11) is 1.00. The third kappa shape index (κ3) is 18.2. The molecule has 1 aliphatic carbocycles. The first-order valence-electron chi connectivity index (χ1n) is 12.6. The molecule has 0 amide bonds. The lowest BCUT2D eigenvalue weighted by Crippen LogP contribution is -2.21. The molecule has 1 saturated carbocycles. The van der Waals surface area contributed by atoms with Gasteiger partial charge in [-0.15, -0.1) is 10.1 Å². The minimum atomic E-state index is -4.32. The van der Waals surface area contributed by atoms with E-state index in [2.05, 4.69) is 17.0 Å². The maximum absolute atomic E-state index is 12.5. The predicted octanol–water partition coefficient (Wildman–Crippen LogP) is 6.70. The van der Waals surface area contributed by atoms with Crippen LogP contribution in [0.15, 0.2) is 48.6 Å². The Morgan fingerprint density at radius 1 is 1.21 bits per heavy atom. The maximum Gasteiger partial charge on any atom is 0.416 e. The molecule has 0 saturated heterocycles. The normalized spacial score (nSPS) is 14.3. The van der Waals surface area contributed by atoms with Gasteiger partial charge in [-0.05, 0) is 70.1 Å². The fraction of sp³-hybridized carbons (Fsp3) is 0.593. The number of carbonyl (C=O) groups is 1. The van der Waals surface area contributed by atoms with Crippen molar-refractivity contribution in [2.45, 2.75) is 77.5 Å². The fourth-order valence-electron chi connectivity index (χ4n) is 3.46. The number of alkyl halides is 3. The Kier molecular flexibility index (Phi) is 19.2. The molecule has 0 aromatic heterocycles. The Morgan fingerprint density at radius 3 is 2.50 bits per heavy atom. The second kappa shape index (κ2) is 20.9. The molecule has 1 aromatic carbocycles. The van der Waals surface area contributed by atoms with Crippen molar-refractivity contribution >= 4 is 5.97 Å². The molecule has 8 nitrogen and oxygen atoms in total. The molecule has 1 N–H and O–H groups in total.